The lowest BCUT2D eigenvalue weighted by Crippen LogP contribution is -1.79. The van der Waals surface area contributed by atoms with Gasteiger partial charge >= 0.3 is 0 Å². The van der Waals surface area contributed by atoms with Crippen LogP contribution in [-0.2, 0) is 4.79 Å². The topological polar surface area (TPSA) is 64.7 Å². The summed E-state index contributed by atoms with van der Waals surface area (Å²) in [4.78, 5) is 9.82. The molecule has 44 valence electrons. The molecule has 0 atom stereocenters. The third kappa shape index (κ3) is 3.05. The fourth-order valence-corrected chi connectivity index (χ4v) is 0.326. The first-order valence-corrected chi connectivity index (χ1v) is 2.32. The first-order chi connectivity index (χ1) is 4.35. The molecule has 0 aromatic carbocycles. The van der Waals surface area contributed by atoms with Crippen molar-refractivity contribution in [3.05, 3.63) is 5.57 Å². The Morgan fingerprint density at radius 3 is 1.89 bits per heavy atom. The highest BCUT2D eigenvalue weighted by atomic mass is 16.1. The molecular weight excluding hydrogens is 116 g/mol. The van der Waals surface area contributed by atoms with Crippen LogP contribution in [-0.4, -0.2) is 5.94 Å². The van der Waals surface area contributed by atoms with Crippen LogP contribution in [0.5, 0.6) is 0 Å². The second-order valence-electron chi connectivity index (χ2n) is 1.38. The summed E-state index contributed by atoms with van der Waals surface area (Å²) in [7, 11) is 0. The smallest absolute Gasteiger partial charge is 0.125 e. The normalized spacial score (nSPS) is 6.44. The van der Waals surface area contributed by atoms with Crippen LogP contribution < -0.4 is 0 Å². The first kappa shape index (κ1) is 7.43. The third-order valence-corrected chi connectivity index (χ3v) is 0.729. The highest BCUT2D eigenvalue weighted by molar-refractivity contribution is 5.53. The molecule has 0 saturated heterocycles. The summed E-state index contributed by atoms with van der Waals surface area (Å²) in [6.07, 6.45) is 0.0219. The number of rotatable bonds is 2. The lowest BCUT2D eigenvalue weighted by Gasteiger charge is -1.82. The minimum Gasteiger partial charge on any atom is -0.233 e. The van der Waals surface area contributed by atoms with E-state index in [2.05, 4.69) is 0 Å². The van der Waals surface area contributed by atoms with Crippen LogP contribution in [0.25, 0.3) is 0 Å². The Morgan fingerprint density at radius 1 is 1.22 bits per heavy atom. The zero-order chi connectivity index (χ0) is 7.11. The monoisotopic (exact) mass is 120 g/mol. The van der Waals surface area contributed by atoms with Gasteiger partial charge < -0.3 is 0 Å². The predicted octanol–water partition coefficient (Wildman–Crippen LogP) is 0.572. The number of nitriles is 2. The van der Waals surface area contributed by atoms with E-state index in [1.165, 1.54) is 5.94 Å². The van der Waals surface area contributed by atoms with E-state index in [0.717, 1.165) is 0 Å². The second-order valence-corrected chi connectivity index (χ2v) is 1.38. The van der Waals surface area contributed by atoms with E-state index in [0.29, 0.717) is 0 Å². The van der Waals surface area contributed by atoms with Gasteiger partial charge in [0.2, 0.25) is 0 Å². The summed E-state index contributed by atoms with van der Waals surface area (Å²) in [5.74, 6) is 1.53. The highest BCUT2D eigenvalue weighted by Crippen LogP contribution is 1.98. The summed E-state index contributed by atoms with van der Waals surface area (Å²) in [6.45, 7) is 0. The maximum Gasteiger partial charge on any atom is 0.125 e. The highest BCUT2D eigenvalue weighted by Gasteiger charge is 1.93. The Kier molecular flexibility index (Phi) is 3.79. The van der Waals surface area contributed by atoms with Gasteiger partial charge in [0.15, 0.2) is 0 Å². The van der Waals surface area contributed by atoms with E-state index in [-0.39, 0.29) is 18.4 Å². The quantitative estimate of drug-likeness (QED) is 0.500. The number of hydrogen-bond acceptors (Lipinski definition) is 3. The molecule has 0 saturated carbocycles. The van der Waals surface area contributed by atoms with Gasteiger partial charge in [0, 0.05) is 5.57 Å². The van der Waals surface area contributed by atoms with Crippen LogP contribution >= 0.6 is 0 Å². The van der Waals surface area contributed by atoms with Crippen molar-refractivity contribution in [3.63, 3.8) is 0 Å². The molecule has 0 aliphatic heterocycles. The van der Waals surface area contributed by atoms with Crippen LogP contribution in [0.2, 0.25) is 0 Å². The molecule has 3 heteroatoms. The van der Waals surface area contributed by atoms with E-state index in [4.69, 9.17) is 10.5 Å². The Bertz CT molecular complexity index is 194. The van der Waals surface area contributed by atoms with Crippen LogP contribution in [0.3, 0.4) is 0 Å². The van der Waals surface area contributed by atoms with Crippen molar-refractivity contribution in [2.45, 2.75) is 12.8 Å². The fraction of sp³-hybridized carbons (Fsp3) is 0.333. The van der Waals surface area contributed by atoms with Gasteiger partial charge in [-0.1, -0.05) is 0 Å². The minimum atomic E-state index is 0.0110. The van der Waals surface area contributed by atoms with Gasteiger partial charge in [0.1, 0.15) is 5.94 Å². The molecule has 0 aliphatic carbocycles. The SMILES string of the molecule is N#CCC(=C=O)CC#N. The first-order valence-electron chi connectivity index (χ1n) is 2.32. The molecule has 9 heavy (non-hydrogen) atoms. The molecular formula is C6H4N2O. The van der Waals surface area contributed by atoms with E-state index >= 15 is 0 Å². The Balaban J connectivity index is 3.93. The molecule has 0 amide bonds. The van der Waals surface area contributed by atoms with Gasteiger partial charge in [0.25, 0.3) is 0 Å². The summed E-state index contributed by atoms with van der Waals surface area (Å²) >= 11 is 0. The second kappa shape index (κ2) is 4.59. The molecule has 0 heterocycles. The molecule has 0 rings (SSSR count). The van der Waals surface area contributed by atoms with Crippen molar-refractivity contribution in [2.24, 2.45) is 0 Å². The largest absolute Gasteiger partial charge is 0.233 e. The molecule has 0 fully saturated rings. The van der Waals surface area contributed by atoms with Crippen LogP contribution in [0, 0.1) is 22.7 Å². The third-order valence-electron chi connectivity index (χ3n) is 0.729. The lowest BCUT2D eigenvalue weighted by molar-refractivity contribution is 0.566. The van der Waals surface area contributed by atoms with Crippen molar-refractivity contribution in [3.8, 4) is 12.1 Å². The van der Waals surface area contributed by atoms with E-state index in [1.54, 1.807) is 12.1 Å². The van der Waals surface area contributed by atoms with Crippen molar-refractivity contribution < 1.29 is 4.79 Å². The van der Waals surface area contributed by atoms with Crippen molar-refractivity contribution >= 4 is 5.94 Å². The van der Waals surface area contributed by atoms with Crippen molar-refractivity contribution in [1.29, 1.82) is 10.5 Å². The average Bonchev–Trinajstić information content (AvgIpc) is 1.88. The minimum absolute atomic E-state index is 0.0110. The molecule has 0 aromatic rings. The van der Waals surface area contributed by atoms with Gasteiger partial charge in [-0.3, -0.25) is 0 Å². The van der Waals surface area contributed by atoms with Gasteiger partial charge in [-0.05, 0) is 0 Å². The molecule has 0 unspecified atom stereocenters. The Labute approximate surface area is 52.8 Å². The van der Waals surface area contributed by atoms with Crippen molar-refractivity contribution in [2.75, 3.05) is 0 Å². The molecule has 0 aliphatic rings. The van der Waals surface area contributed by atoms with Crippen LogP contribution in [0.15, 0.2) is 5.57 Å². The van der Waals surface area contributed by atoms with Gasteiger partial charge in [-0.15, -0.1) is 0 Å². The molecule has 3 nitrogen and oxygen atoms in total. The zero-order valence-corrected chi connectivity index (χ0v) is 4.72. The van der Waals surface area contributed by atoms with Gasteiger partial charge in [-0.25, -0.2) is 4.79 Å². The standard InChI is InChI=1S/C6H4N2O/c7-3-1-6(5-9)2-4-8/h1-2H2. The van der Waals surface area contributed by atoms with Gasteiger partial charge in [-0.2, -0.15) is 10.5 Å². The average molecular weight is 120 g/mol. The summed E-state index contributed by atoms with van der Waals surface area (Å²) in [5, 5.41) is 16.1. The number of carbonyl (C=O) groups excluding carboxylic acids is 1. The number of hydrogen-bond donors (Lipinski definition) is 0. The summed E-state index contributed by atoms with van der Waals surface area (Å²) in [6, 6.07) is 3.51. The van der Waals surface area contributed by atoms with E-state index in [9.17, 15) is 4.79 Å². The zero-order valence-electron chi connectivity index (χ0n) is 4.72. The van der Waals surface area contributed by atoms with E-state index < -0.39 is 0 Å². The van der Waals surface area contributed by atoms with E-state index in [1.807, 2.05) is 0 Å². The maximum absolute atomic E-state index is 9.82. The molecule has 0 spiro atoms. The van der Waals surface area contributed by atoms with Crippen LogP contribution in [0.4, 0.5) is 0 Å². The predicted molar refractivity (Wildman–Crippen MR) is 29.7 cm³/mol. The molecule has 0 aromatic heterocycles. The fourth-order valence-electron chi connectivity index (χ4n) is 0.326. The van der Waals surface area contributed by atoms with Gasteiger partial charge in [0.05, 0.1) is 25.0 Å². The molecule has 0 radical (unpaired) electrons. The number of allylic oxidation sites excluding steroid dienone is 1. The lowest BCUT2D eigenvalue weighted by atomic mass is 10.2. The van der Waals surface area contributed by atoms with Crippen LogP contribution in [0.1, 0.15) is 12.8 Å². The Morgan fingerprint density at radius 2 is 1.67 bits per heavy atom. The molecule has 0 bridgehead atoms. The maximum atomic E-state index is 9.82. The molecule has 0 N–H and O–H groups in total. The summed E-state index contributed by atoms with van der Waals surface area (Å²) < 4.78 is 0. The Hall–Kier alpha value is -1.57. The summed E-state index contributed by atoms with van der Waals surface area (Å²) in [5.41, 5.74) is 0.222. The van der Waals surface area contributed by atoms with Crippen molar-refractivity contribution in [1.82, 2.24) is 0 Å². The number of nitrogens with zero attached hydrogens (tertiary/aromatic N) is 2.